The van der Waals surface area contributed by atoms with Gasteiger partial charge in [0.2, 0.25) is 0 Å². The van der Waals surface area contributed by atoms with E-state index in [4.69, 9.17) is 32.7 Å². The molecule has 2 aromatic rings. The van der Waals surface area contributed by atoms with Crippen molar-refractivity contribution >= 4 is 29.1 Å². The van der Waals surface area contributed by atoms with Gasteiger partial charge in [-0.25, -0.2) is 0 Å². The fraction of sp³-hybridized carbons (Fsp3) is 0.458. The first-order valence-electron chi connectivity index (χ1n) is 10.4. The molecule has 1 aliphatic heterocycles. The molecule has 0 radical (unpaired) electrons. The number of halogens is 2. The van der Waals surface area contributed by atoms with Crippen LogP contribution in [0.1, 0.15) is 54.1 Å². The number of ether oxygens (including phenoxy) is 2. The minimum atomic E-state index is -0.281. The van der Waals surface area contributed by atoms with E-state index in [0.29, 0.717) is 28.6 Å². The second kappa shape index (κ2) is 8.68. The summed E-state index contributed by atoms with van der Waals surface area (Å²) in [7, 11) is 3.16. The van der Waals surface area contributed by atoms with Gasteiger partial charge in [0, 0.05) is 23.0 Å². The summed E-state index contributed by atoms with van der Waals surface area (Å²) >= 11 is 13.8. The molecule has 3 atom stereocenters. The molecule has 6 heteroatoms. The number of piperidine rings is 1. The monoisotopic (exact) mass is 447 g/mol. The van der Waals surface area contributed by atoms with Crippen molar-refractivity contribution in [1.82, 2.24) is 4.90 Å². The molecule has 1 heterocycles. The fourth-order valence-electron chi connectivity index (χ4n) is 5.10. The highest BCUT2D eigenvalue weighted by Gasteiger charge is 2.50. The summed E-state index contributed by atoms with van der Waals surface area (Å²) in [6.07, 6.45) is 5.03. The van der Waals surface area contributed by atoms with Crippen LogP contribution in [0.3, 0.4) is 0 Å². The highest BCUT2D eigenvalue weighted by Crippen LogP contribution is 2.53. The number of rotatable bonds is 4. The largest absolute Gasteiger partial charge is 0.493 e. The summed E-state index contributed by atoms with van der Waals surface area (Å²) in [5.41, 5.74) is 1.55. The summed E-state index contributed by atoms with van der Waals surface area (Å²) in [6, 6.07) is 13.0. The summed E-state index contributed by atoms with van der Waals surface area (Å²) in [5.74, 6) is 1.28. The maximum atomic E-state index is 13.7. The zero-order chi connectivity index (χ0) is 21.3. The van der Waals surface area contributed by atoms with E-state index >= 15 is 0 Å². The molecule has 2 aliphatic rings. The number of hydrogen-bond acceptors (Lipinski definition) is 3. The average Bonchev–Trinajstić information content (AvgIpc) is 2.77. The number of amides is 1. The van der Waals surface area contributed by atoms with Gasteiger partial charge in [-0.3, -0.25) is 4.79 Å². The number of nitrogens with zero attached hydrogens (tertiary/aromatic N) is 1. The van der Waals surface area contributed by atoms with Crippen molar-refractivity contribution in [1.29, 1.82) is 0 Å². The molecule has 1 saturated carbocycles. The van der Waals surface area contributed by atoms with Crippen LogP contribution in [0.4, 0.5) is 0 Å². The number of methoxy groups -OCH3 is 2. The molecular weight excluding hydrogens is 421 g/mol. The molecular formula is C24H27Cl2NO3. The minimum Gasteiger partial charge on any atom is -0.493 e. The molecule has 4 nitrogen and oxygen atoms in total. The standard InChI is InChI=1S/C24H27Cl2NO3/c1-29-20-11-10-16(15-21(20)30-2)23(28)27-14-13-24(26)12-6-5-8-18(24)22(27)17-7-3-4-9-19(17)25/h3-4,7,9-11,15,18,22H,5-6,8,12-14H2,1-2H3. The van der Waals surface area contributed by atoms with Gasteiger partial charge in [-0.15, -0.1) is 11.6 Å². The van der Waals surface area contributed by atoms with Gasteiger partial charge >= 0.3 is 0 Å². The topological polar surface area (TPSA) is 38.8 Å². The normalized spacial score (nSPS) is 26.1. The molecule has 2 aromatic carbocycles. The minimum absolute atomic E-state index is 0.0369. The van der Waals surface area contributed by atoms with Gasteiger partial charge in [-0.05, 0) is 49.1 Å². The SMILES string of the molecule is COc1ccc(C(=O)N2CCC3(Cl)CCCCC3C2c2ccccc2Cl)cc1OC. The number of carbonyl (C=O) groups excluding carboxylic acids is 1. The number of alkyl halides is 1. The highest BCUT2D eigenvalue weighted by atomic mass is 35.5. The average molecular weight is 448 g/mol. The first-order valence-corrected chi connectivity index (χ1v) is 11.2. The van der Waals surface area contributed by atoms with Crippen LogP contribution in [0.25, 0.3) is 0 Å². The van der Waals surface area contributed by atoms with Crippen molar-refractivity contribution in [3.8, 4) is 11.5 Å². The van der Waals surface area contributed by atoms with Gasteiger partial charge in [0.25, 0.3) is 5.91 Å². The van der Waals surface area contributed by atoms with E-state index in [0.717, 1.165) is 37.7 Å². The zero-order valence-corrected chi connectivity index (χ0v) is 18.9. The molecule has 0 N–H and O–H groups in total. The third kappa shape index (κ3) is 3.76. The summed E-state index contributed by atoms with van der Waals surface area (Å²) in [5, 5.41) is 0.680. The first kappa shape index (κ1) is 21.3. The smallest absolute Gasteiger partial charge is 0.254 e. The van der Waals surface area contributed by atoms with Gasteiger partial charge < -0.3 is 14.4 Å². The van der Waals surface area contributed by atoms with E-state index in [-0.39, 0.29) is 22.7 Å². The summed E-state index contributed by atoms with van der Waals surface area (Å²) < 4.78 is 10.7. The van der Waals surface area contributed by atoms with Crippen LogP contribution in [-0.4, -0.2) is 36.4 Å². The molecule has 0 bridgehead atoms. The quantitative estimate of drug-likeness (QED) is 0.530. The van der Waals surface area contributed by atoms with Crippen LogP contribution < -0.4 is 9.47 Å². The number of likely N-dealkylation sites (tertiary alicyclic amines) is 1. The van der Waals surface area contributed by atoms with E-state index in [1.54, 1.807) is 32.4 Å². The molecule has 2 fully saturated rings. The van der Waals surface area contributed by atoms with Crippen molar-refractivity contribution < 1.29 is 14.3 Å². The van der Waals surface area contributed by atoms with Crippen LogP contribution in [-0.2, 0) is 0 Å². The molecule has 3 unspecified atom stereocenters. The summed E-state index contributed by atoms with van der Waals surface area (Å²) in [4.78, 5) is 15.4. The Hall–Kier alpha value is -1.91. The Balaban J connectivity index is 1.75. The van der Waals surface area contributed by atoms with Crippen LogP contribution in [0, 0.1) is 5.92 Å². The van der Waals surface area contributed by atoms with Gasteiger partial charge in [0.15, 0.2) is 11.5 Å². The molecule has 160 valence electrons. The molecule has 4 rings (SSSR count). The Morgan fingerprint density at radius 2 is 1.83 bits per heavy atom. The van der Waals surface area contributed by atoms with E-state index in [9.17, 15) is 4.79 Å². The Morgan fingerprint density at radius 1 is 1.07 bits per heavy atom. The third-order valence-corrected chi connectivity index (χ3v) is 7.62. The van der Waals surface area contributed by atoms with Crippen molar-refractivity contribution in [3.63, 3.8) is 0 Å². The van der Waals surface area contributed by atoms with E-state index in [1.165, 1.54) is 0 Å². The third-order valence-electron chi connectivity index (χ3n) is 6.62. The van der Waals surface area contributed by atoms with Crippen LogP contribution in [0.15, 0.2) is 42.5 Å². The second-order valence-corrected chi connectivity index (χ2v) is 9.33. The highest BCUT2D eigenvalue weighted by molar-refractivity contribution is 6.31. The number of carbonyl (C=O) groups is 1. The van der Waals surface area contributed by atoms with Gasteiger partial charge in [-0.2, -0.15) is 0 Å². The molecule has 1 amide bonds. The lowest BCUT2D eigenvalue weighted by atomic mass is 9.68. The van der Waals surface area contributed by atoms with Crippen molar-refractivity contribution in [2.45, 2.75) is 43.0 Å². The predicted molar refractivity (Wildman–Crippen MR) is 120 cm³/mol. The molecule has 1 aliphatic carbocycles. The van der Waals surface area contributed by atoms with Crippen molar-refractivity contribution in [2.75, 3.05) is 20.8 Å². The number of fused-ring (bicyclic) bond motifs is 1. The van der Waals surface area contributed by atoms with E-state index < -0.39 is 0 Å². The Labute approximate surface area is 188 Å². The van der Waals surface area contributed by atoms with Gasteiger partial charge in [-0.1, -0.05) is 42.6 Å². The lowest BCUT2D eigenvalue weighted by Crippen LogP contribution is -2.53. The maximum absolute atomic E-state index is 13.7. The molecule has 1 saturated heterocycles. The van der Waals surface area contributed by atoms with Gasteiger partial charge in [0.1, 0.15) is 0 Å². The lowest BCUT2D eigenvalue weighted by Gasteiger charge is -2.52. The number of benzene rings is 2. The van der Waals surface area contributed by atoms with Crippen molar-refractivity contribution in [3.05, 3.63) is 58.6 Å². The predicted octanol–water partition coefficient (Wildman–Crippen LogP) is 6.11. The van der Waals surface area contributed by atoms with E-state index in [1.807, 2.05) is 29.2 Å². The lowest BCUT2D eigenvalue weighted by molar-refractivity contribution is 0.0279. The molecule has 0 aromatic heterocycles. The van der Waals surface area contributed by atoms with Crippen LogP contribution >= 0.6 is 23.2 Å². The van der Waals surface area contributed by atoms with E-state index in [2.05, 4.69) is 0 Å². The van der Waals surface area contributed by atoms with Gasteiger partial charge in [0.05, 0.1) is 25.1 Å². The molecule has 0 spiro atoms. The fourth-order valence-corrected chi connectivity index (χ4v) is 5.80. The zero-order valence-electron chi connectivity index (χ0n) is 17.4. The van der Waals surface area contributed by atoms with Crippen molar-refractivity contribution in [2.24, 2.45) is 5.92 Å². The Bertz CT molecular complexity index is 934. The molecule has 30 heavy (non-hydrogen) atoms. The second-order valence-electron chi connectivity index (χ2n) is 8.17. The maximum Gasteiger partial charge on any atom is 0.254 e. The first-order chi connectivity index (χ1) is 14.5. The Kier molecular flexibility index (Phi) is 6.17. The number of hydrogen-bond donors (Lipinski definition) is 0. The van der Waals surface area contributed by atoms with Crippen LogP contribution in [0.2, 0.25) is 5.02 Å². The Morgan fingerprint density at radius 3 is 2.57 bits per heavy atom. The summed E-state index contributed by atoms with van der Waals surface area (Å²) in [6.45, 7) is 0.600. The van der Waals surface area contributed by atoms with Crippen LogP contribution in [0.5, 0.6) is 11.5 Å².